The first-order valence-corrected chi connectivity index (χ1v) is 11.4. The highest BCUT2D eigenvalue weighted by Gasteiger charge is 2.28. The van der Waals surface area contributed by atoms with Gasteiger partial charge >= 0.3 is 0 Å². The van der Waals surface area contributed by atoms with E-state index < -0.39 is 0 Å². The van der Waals surface area contributed by atoms with Gasteiger partial charge in [0.1, 0.15) is 11.3 Å². The number of benzene rings is 1. The summed E-state index contributed by atoms with van der Waals surface area (Å²) < 4.78 is 11.3. The van der Waals surface area contributed by atoms with Crippen molar-refractivity contribution in [1.82, 2.24) is 25.1 Å². The molecular formula is C22H28N6O2S. The van der Waals surface area contributed by atoms with Crippen LogP contribution in [0.25, 0.3) is 0 Å². The molecule has 3 aromatic rings. The minimum absolute atomic E-state index is 0.129. The first-order chi connectivity index (χ1) is 15.1. The lowest BCUT2D eigenvalue weighted by Gasteiger charge is -2.25. The Hall–Kier alpha value is -2.62. The van der Waals surface area contributed by atoms with Crippen LogP contribution in [0.4, 0.5) is 10.9 Å². The fourth-order valence-corrected chi connectivity index (χ4v) is 4.34. The maximum absolute atomic E-state index is 5.94. The van der Waals surface area contributed by atoms with E-state index in [2.05, 4.69) is 43.6 Å². The molecule has 1 aliphatic rings. The highest BCUT2D eigenvalue weighted by molar-refractivity contribution is 7.13. The maximum atomic E-state index is 5.94. The lowest BCUT2D eigenvalue weighted by atomic mass is 10.1. The number of ether oxygens (including phenoxy) is 2. The number of hydrogen-bond donors (Lipinski definition) is 1. The number of rotatable bonds is 9. The number of likely N-dealkylation sites (tertiary alicyclic amines) is 1. The monoisotopic (exact) mass is 440 g/mol. The minimum Gasteiger partial charge on any atom is -0.491 e. The maximum Gasteiger partial charge on any atom is 0.211 e. The SMILES string of the molecule is COCc1cc(CN2CCC[C@@H]2c2cncc(Nc3nncs3)n2)ccc1OC(C)C. The second-order valence-corrected chi connectivity index (χ2v) is 8.70. The van der Waals surface area contributed by atoms with Crippen LogP contribution >= 0.6 is 11.3 Å². The topological polar surface area (TPSA) is 85.3 Å². The molecule has 1 aromatic carbocycles. The molecular weight excluding hydrogens is 412 g/mol. The summed E-state index contributed by atoms with van der Waals surface area (Å²) in [7, 11) is 1.71. The van der Waals surface area contributed by atoms with Gasteiger partial charge in [-0.1, -0.05) is 17.4 Å². The summed E-state index contributed by atoms with van der Waals surface area (Å²) in [5, 5.41) is 11.8. The van der Waals surface area contributed by atoms with E-state index in [4.69, 9.17) is 14.5 Å². The molecule has 0 unspecified atom stereocenters. The molecule has 1 atom stereocenters. The first-order valence-electron chi connectivity index (χ1n) is 10.5. The lowest BCUT2D eigenvalue weighted by Crippen LogP contribution is -2.24. The van der Waals surface area contributed by atoms with Crippen LogP contribution in [-0.2, 0) is 17.9 Å². The molecule has 8 nitrogen and oxygen atoms in total. The molecule has 0 amide bonds. The average molecular weight is 441 g/mol. The normalized spacial score (nSPS) is 16.7. The summed E-state index contributed by atoms with van der Waals surface area (Å²) in [4.78, 5) is 11.7. The molecule has 0 aliphatic carbocycles. The Balaban J connectivity index is 1.49. The highest BCUT2D eigenvalue weighted by atomic mass is 32.1. The van der Waals surface area contributed by atoms with Crippen LogP contribution < -0.4 is 10.1 Å². The summed E-state index contributed by atoms with van der Waals surface area (Å²) in [6, 6.07) is 6.63. The third-order valence-corrected chi connectivity index (χ3v) is 5.73. The molecule has 1 aliphatic heterocycles. The molecule has 0 saturated carbocycles. The second-order valence-electron chi connectivity index (χ2n) is 7.87. The summed E-state index contributed by atoms with van der Waals surface area (Å²) in [5.41, 5.74) is 4.98. The standard InChI is InChI=1S/C22H28N6O2S/c1-15(2)30-20-7-6-16(9-17(20)13-29-3)12-28-8-4-5-19(28)18-10-23-11-21(25-18)26-22-27-24-14-31-22/h6-7,9-11,14-15,19H,4-5,8,12-13H2,1-3H3,(H,25,26,27)/t19-/m1/s1. The zero-order valence-electron chi connectivity index (χ0n) is 18.1. The van der Waals surface area contributed by atoms with Gasteiger partial charge in [-0.3, -0.25) is 9.88 Å². The lowest BCUT2D eigenvalue weighted by molar-refractivity contribution is 0.174. The fourth-order valence-electron chi connectivity index (χ4n) is 3.89. The Bertz CT molecular complexity index is 982. The number of nitrogens with one attached hydrogen (secondary N) is 1. The zero-order chi connectivity index (χ0) is 21.6. The first kappa shape index (κ1) is 21.6. The van der Waals surface area contributed by atoms with Crippen molar-refractivity contribution in [3.63, 3.8) is 0 Å². The van der Waals surface area contributed by atoms with E-state index in [0.29, 0.717) is 17.6 Å². The van der Waals surface area contributed by atoms with Gasteiger partial charge in [0.15, 0.2) is 5.82 Å². The van der Waals surface area contributed by atoms with E-state index in [0.717, 1.165) is 42.9 Å². The Morgan fingerprint density at radius 2 is 2.19 bits per heavy atom. The van der Waals surface area contributed by atoms with Gasteiger partial charge in [-0.25, -0.2) is 4.98 Å². The van der Waals surface area contributed by atoms with Crippen LogP contribution in [-0.4, -0.2) is 44.8 Å². The second kappa shape index (κ2) is 10.1. The van der Waals surface area contributed by atoms with Gasteiger partial charge < -0.3 is 14.8 Å². The fraction of sp³-hybridized carbons (Fsp3) is 0.455. The van der Waals surface area contributed by atoms with Crippen molar-refractivity contribution in [2.24, 2.45) is 0 Å². The van der Waals surface area contributed by atoms with Crippen LogP contribution in [0.1, 0.15) is 49.6 Å². The number of methoxy groups -OCH3 is 1. The van der Waals surface area contributed by atoms with Crippen molar-refractivity contribution in [3.05, 3.63) is 52.9 Å². The summed E-state index contributed by atoms with van der Waals surface area (Å²) in [6.45, 7) is 6.48. The molecule has 0 radical (unpaired) electrons. The minimum atomic E-state index is 0.129. The number of aromatic nitrogens is 4. The van der Waals surface area contributed by atoms with Crippen LogP contribution in [0.5, 0.6) is 5.75 Å². The van der Waals surface area contributed by atoms with Gasteiger partial charge in [-0.05, 0) is 50.9 Å². The van der Waals surface area contributed by atoms with Crippen molar-refractivity contribution in [2.45, 2.75) is 52.0 Å². The zero-order valence-corrected chi connectivity index (χ0v) is 18.9. The summed E-state index contributed by atoms with van der Waals surface area (Å²) in [6.07, 6.45) is 5.92. The molecule has 1 fully saturated rings. The summed E-state index contributed by atoms with van der Waals surface area (Å²) >= 11 is 1.44. The Morgan fingerprint density at radius 3 is 2.97 bits per heavy atom. The van der Waals surface area contributed by atoms with Crippen molar-refractivity contribution in [1.29, 1.82) is 0 Å². The Morgan fingerprint density at radius 1 is 1.29 bits per heavy atom. The van der Waals surface area contributed by atoms with E-state index in [1.54, 1.807) is 18.8 Å². The Labute approximate surface area is 186 Å². The van der Waals surface area contributed by atoms with Gasteiger partial charge in [0, 0.05) is 19.2 Å². The predicted molar refractivity (Wildman–Crippen MR) is 121 cm³/mol. The number of hydrogen-bond acceptors (Lipinski definition) is 9. The molecule has 0 bridgehead atoms. The van der Waals surface area contributed by atoms with E-state index >= 15 is 0 Å². The van der Waals surface area contributed by atoms with Gasteiger partial charge in [0.2, 0.25) is 5.13 Å². The smallest absolute Gasteiger partial charge is 0.211 e. The predicted octanol–water partition coefficient (Wildman–Crippen LogP) is 4.34. The van der Waals surface area contributed by atoms with Crippen molar-refractivity contribution in [3.8, 4) is 5.75 Å². The largest absolute Gasteiger partial charge is 0.491 e. The van der Waals surface area contributed by atoms with Crippen molar-refractivity contribution < 1.29 is 9.47 Å². The molecule has 1 N–H and O–H groups in total. The third-order valence-electron chi connectivity index (χ3n) is 5.13. The number of anilines is 2. The van der Waals surface area contributed by atoms with Crippen LogP contribution in [0, 0.1) is 0 Å². The van der Waals surface area contributed by atoms with Crippen LogP contribution in [0.3, 0.4) is 0 Å². The van der Waals surface area contributed by atoms with Gasteiger partial charge in [-0.2, -0.15) is 0 Å². The molecule has 164 valence electrons. The van der Waals surface area contributed by atoms with E-state index in [1.165, 1.54) is 16.9 Å². The quantitative estimate of drug-likeness (QED) is 0.526. The summed E-state index contributed by atoms with van der Waals surface area (Å²) in [5.74, 6) is 1.58. The van der Waals surface area contributed by atoms with E-state index in [-0.39, 0.29) is 12.1 Å². The molecule has 9 heteroatoms. The van der Waals surface area contributed by atoms with Crippen LogP contribution in [0.15, 0.2) is 36.1 Å². The molecule has 4 rings (SSSR count). The number of nitrogens with zero attached hydrogens (tertiary/aromatic N) is 5. The highest BCUT2D eigenvalue weighted by Crippen LogP contribution is 2.33. The molecule has 3 heterocycles. The average Bonchev–Trinajstić information content (AvgIpc) is 3.42. The van der Waals surface area contributed by atoms with E-state index in [1.807, 2.05) is 20.0 Å². The molecule has 0 spiro atoms. The van der Waals surface area contributed by atoms with Gasteiger partial charge in [0.25, 0.3) is 0 Å². The molecule has 2 aromatic heterocycles. The molecule has 1 saturated heterocycles. The van der Waals surface area contributed by atoms with Gasteiger partial charge in [-0.15, -0.1) is 10.2 Å². The van der Waals surface area contributed by atoms with Crippen molar-refractivity contribution in [2.75, 3.05) is 19.0 Å². The molecule has 31 heavy (non-hydrogen) atoms. The van der Waals surface area contributed by atoms with Crippen LogP contribution in [0.2, 0.25) is 0 Å². The van der Waals surface area contributed by atoms with Crippen molar-refractivity contribution >= 4 is 22.3 Å². The third kappa shape index (κ3) is 5.55. The Kier molecular flexibility index (Phi) is 7.06. The van der Waals surface area contributed by atoms with E-state index in [9.17, 15) is 0 Å². The van der Waals surface area contributed by atoms with Gasteiger partial charge in [0.05, 0.1) is 36.8 Å².